The van der Waals surface area contributed by atoms with E-state index >= 15 is 0 Å². The summed E-state index contributed by atoms with van der Waals surface area (Å²) in [6.45, 7) is 0. The monoisotopic (exact) mass is 152 g/mol. The molecule has 3 nitrogen and oxygen atoms in total. The predicted octanol–water partition coefficient (Wildman–Crippen LogP) is 0.437. The molecular weight excluding hydrogens is 146 g/mol. The number of nitrogen functional groups attached to an aromatic ring is 1. The van der Waals surface area contributed by atoms with Gasteiger partial charge in [0, 0.05) is 0 Å². The quantitative estimate of drug-likeness (QED) is 0.349. The van der Waals surface area contributed by atoms with E-state index in [-0.39, 0.29) is 11.4 Å². The van der Waals surface area contributed by atoms with Gasteiger partial charge in [0.05, 0.1) is 0 Å². The molecule has 10 heavy (non-hydrogen) atoms. The standard InChI is InChI=1S/C6H6NO2Si/c7-6-4(8)2-1-3-5(6)9-10/h1-3,8H,7H2. The van der Waals surface area contributed by atoms with E-state index in [1.54, 1.807) is 12.1 Å². The molecule has 0 saturated heterocycles. The molecule has 0 bridgehead atoms. The zero-order valence-electron chi connectivity index (χ0n) is 5.16. The second kappa shape index (κ2) is 2.61. The molecule has 0 aliphatic rings. The molecule has 0 heterocycles. The molecule has 1 aromatic carbocycles. The second-order valence-electron chi connectivity index (χ2n) is 1.79. The van der Waals surface area contributed by atoms with Gasteiger partial charge in [-0.25, -0.2) is 0 Å². The van der Waals surface area contributed by atoms with Gasteiger partial charge >= 0.3 is 10.5 Å². The van der Waals surface area contributed by atoms with Gasteiger partial charge in [0.2, 0.25) is 0 Å². The fourth-order valence-electron chi connectivity index (χ4n) is 0.621. The van der Waals surface area contributed by atoms with Gasteiger partial charge < -0.3 is 15.3 Å². The number of phenolic OH excluding ortho intramolecular Hbond substituents is 1. The summed E-state index contributed by atoms with van der Waals surface area (Å²) < 4.78 is 4.65. The zero-order chi connectivity index (χ0) is 7.56. The molecule has 4 heteroatoms. The van der Waals surface area contributed by atoms with Crippen LogP contribution in [0.25, 0.3) is 0 Å². The maximum atomic E-state index is 9.00. The van der Waals surface area contributed by atoms with Crippen LogP contribution in [0.5, 0.6) is 11.5 Å². The average Bonchev–Trinajstić information content (AvgIpc) is 1.95. The molecule has 0 aromatic heterocycles. The van der Waals surface area contributed by atoms with Gasteiger partial charge in [0.15, 0.2) is 0 Å². The summed E-state index contributed by atoms with van der Waals surface area (Å²) in [5, 5.41) is 9.00. The van der Waals surface area contributed by atoms with Gasteiger partial charge in [0.25, 0.3) is 0 Å². The first-order valence-electron chi connectivity index (χ1n) is 2.66. The highest BCUT2D eigenvalue weighted by Crippen LogP contribution is 2.28. The third kappa shape index (κ3) is 1.06. The van der Waals surface area contributed by atoms with E-state index in [2.05, 4.69) is 14.9 Å². The number of aromatic hydroxyl groups is 1. The number of anilines is 1. The van der Waals surface area contributed by atoms with Crippen LogP contribution >= 0.6 is 0 Å². The third-order valence-electron chi connectivity index (χ3n) is 1.15. The van der Waals surface area contributed by atoms with Crippen molar-refractivity contribution in [3.63, 3.8) is 0 Å². The Morgan fingerprint density at radius 2 is 2.20 bits per heavy atom. The van der Waals surface area contributed by atoms with Crippen molar-refractivity contribution in [2.75, 3.05) is 5.73 Å². The Morgan fingerprint density at radius 3 is 2.70 bits per heavy atom. The molecule has 0 fully saturated rings. The lowest BCUT2D eigenvalue weighted by Crippen LogP contribution is -1.92. The summed E-state index contributed by atoms with van der Waals surface area (Å²) in [6.07, 6.45) is 0. The highest BCUT2D eigenvalue weighted by Gasteiger charge is 2.00. The molecule has 51 valence electrons. The minimum absolute atomic E-state index is 0.0238. The summed E-state index contributed by atoms with van der Waals surface area (Å²) in [7, 11) is 2.80. The molecular formula is C6H6NO2Si. The van der Waals surface area contributed by atoms with E-state index in [9.17, 15) is 0 Å². The number of phenols is 1. The van der Waals surface area contributed by atoms with E-state index in [0.29, 0.717) is 5.75 Å². The number of hydrogen-bond donors (Lipinski definition) is 2. The lowest BCUT2D eigenvalue weighted by molar-refractivity contribution is 0.475. The van der Waals surface area contributed by atoms with Crippen LogP contribution in [0.3, 0.4) is 0 Å². The van der Waals surface area contributed by atoms with Crippen LogP contribution in [0.4, 0.5) is 5.69 Å². The number of hydrogen-bond acceptors (Lipinski definition) is 3. The Morgan fingerprint density at radius 1 is 1.50 bits per heavy atom. The summed E-state index contributed by atoms with van der Waals surface area (Å²) >= 11 is 0. The maximum Gasteiger partial charge on any atom is 0.341 e. The number of benzene rings is 1. The van der Waals surface area contributed by atoms with E-state index in [4.69, 9.17) is 10.8 Å². The van der Waals surface area contributed by atoms with E-state index < -0.39 is 0 Å². The number of para-hydroxylation sites is 1. The summed E-state index contributed by atoms with van der Waals surface area (Å²) in [4.78, 5) is 0. The Balaban J connectivity index is 3.14. The van der Waals surface area contributed by atoms with Gasteiger partial charge in [-0.05, 0) is 12.1 Å². The van der Waals surface area contributed by atoms with Crippen molar-refractivity contribution in [2.45, 2.75) is 0 Å². The minimum Gasteiger partial charge on any atom is -0.539 e. The molecule has 1 rings (SSSR count). The molecule has 3 radical (unpaired) electrons. The fraction of sp³-hybridized carbons (Fsp3) is 0. The lowest BCUT2D eigenvalue weighted by Gasteiger charge is -2.03. The smallest absolute Gasteiger partial charge is 0.341 e. The lowest BCUT2D eigenvalue weighted by atomic mass is 10.3. The number of nitrogens with two attached hydrogens (primary N) is 1. The van der Waals surface area contributed by atoms with Crippen LogP contribution in [-0.2, 0) is 0 Å². The van der Waals surface area contributed by atoms with Crippen molar-refractivity contribution >= 4 is 16.2 Å². The van der Waals surface area contributed by atoms with Gasteiger partial charge in [0.1, 0.15) is 17.2 Å². The normalized spacial score (nSPS) is 9.30. The van der Waals surface area contributed by atoms with E-state index in [0.717, 1.165) is 0 Å². The molecule has 0 atom stereocenters. The van der Waals surface area contributed by atoms with E-state index in [1.165, 1.54) is 6.07 Å². The summed E-state index contributed by atoms with van der Waals surface area (Å²) in [6, 6.07) is 4.77. The predicted molar refractivity (Wildman–Crippen MR) is 38.9 cm³/mol. The maximum absolute atomic E-state index is 9.00. The van der Waals surface area contributed by atoms with Crippen LogP contribution in [0, 0.1) is 0 Å². The molecule has 0 spiro atoms. The first-order valence-corrected chi connectivity index (χ1v) is 3.07. The topological polar surface area (TPSA) is 55.5 Å². The first kappa shape index (κ1) is 6.95. The van der Waals surface area contributed by atoms with Crippen molar-refractivity contribution < 1.29 is 9.53 Å². The first-order chi connectivity index (χ1) is 4.75. The van der Waals surface area contributed by atoms with Crippen LogP contribution in [0.2, 0.25) is 0 Å². The molecule has 1 aromatic rings. The fourth-order valence-corrected chi connectivity index (χ4v) is 0.799. The largest absolute Gasteiger partial charge is 0.539 e. The molecule has 3 N–H and O–H groups in total. The Bertz CT molecular complexity index is 239. The molecule has 0 aliphatic carbocycles. The van der Waals surface area contributed by atoms with Gasteiger partial charge in [-0.2, -0.15) is 0 Å². The van der Waals surface area contributed by atoms with Crippen molar-refractivity contribution in [3.05, 3.63) is 18.2 Å². The Hall–Kier alpha value is -1.16. The zero-order valence-corrected chi connectivity index (χ0v) is 6.16. The molecule has 0 unspecified atom stereocenters. The van der Waals surface area contributed by atoms with Gasteiger partial charge in [-0.1, -0.05) is 6.07 Å². The van der Waals surface area contributed by atoms with Crippen LogP contribution in [0.15, 0.2) is 18.2 Å². The molecule has 0 aliphatic heterocycles. The van der Waals surface area contributed by atoms with Crippen molar-refractivity contribution in [1.29, 1.82) is 0 Å². The third-order valence-corrected chi connectivity index (χ3v) is 1.37. The highest BCUT2D eigenvalue weighted by atomic mass is 28.2. The average molecular weight is 152 g/mol. The number of rotatable bonds is 1. The molecule has 0 amide bonds. The highest BCUT2D eigenvalue weighted by molar-refractivity contribution is 6.00. The van der Waals surface area contributed by atoms with Crippen molar-refractivity contribution in [3.8, 4) is 11.5 Å². The Kier molecular flexibility index (Phi) is 1.82. The van der Waals surface area contributed by atoms with E-state index in [1.807, 2.05) is 0 Å². The van der Waals surface area contributed by atoms with Crippen LogP contribution in [-0.4, -0.2) is 15.6 Å². The van der Waals surface area contributed by atoms with Crippen LogP contribution < -0.4 is 10.2 Å². The summed E-state index contributed by atoms with van der Waals surface area (Å²) in [5.74, 6) is 0.437. The minimum atomic E-state index is 0.0238. The SMILES string of the molecule is Nc1c(O)cccc1O[Si]. The summed E-state index contributed by atoms with van der Waals surface area (Å²) in [5.41, 5.74) is 5.62. The van der Waals surface area contributed by atoms with Gasteiger partial charge in [-0.15, -0.1) is 0 Å². The van der Waals surface area contributed by atoms with Crippen LogP contribution in [0.1, 0.15) is 0 Å². The molecule has 0 saturated carbocycles. The second-order valence-corrected chi connectivity index (χ2v) is 2.00. The van der Waals surface area contributed by atoms with Crippen molar-refractivity contribution in [2.24, 2.45) is 0 Å². The van der Waals surface area contributed by atoms with Crippen molar-refractivity contribution in [1.82, 2.24) is 0 Å². The Labute approximate surface area is 62.0 Å². The van der Waals surface area contributed by atoms with Gasteiger partial charge in [-0.3, -0.25) is 0 Å².